The van der Waals surface area contributed by atoms with Crippen molar-refractivity contribution in [3.63, 3.8) is 0 Å². The SMILES string of the molecule is COc1ccccc1Nc1nncc(Nc2cc(Cl)cc(Cl)c2)n1. The van der Waals surface area contributed by atoms with E-state index in [-0.39, 0.29) is 0 Å². The fourth-order valence-electron chi connectivity index (χ4n) is 2.06. The second-order valence-electron chi connectivity index (χ2n) is 4.77. The van der Waals surface area contributed by atoms with E-state index in [9.17, 15) is 0 Å². The second kappa shape index (κ2) is 7.33. The zero-order valence-electron chi connectivity index (χ0n) is 12.6. The van der Waals surface area contributed by atoms with E-state index >= 15 is 0 Å². The van der Waals surface area contributed by atoms with E-state index in [0.717, 1.165) is 5.69 Å². The fourth-order valence-corrected chi connectivity index (χ4v) is 2.59. The van der Waals surface area contributed by atoms with Gasteiger partial charge in [-0.25, -0.2) is 0 Å². The maximum absolute atomic E-state index is 5.99. The number of anilines is 4. The monoisotopic (exact) mass is 361 g/mol. The van der Waals surface area contributed by atoms with Crippen molar-refractivity contribution in [3.05, 3.63) is 58.7 Å². The first-order valence-corrected chi connectivity index (χ1v) is 7.72. The number of benzene rings is 2. The van der Waals surface area contributed by atoms with E-state index < -0.39 is 0 Å². The molecule has 2 aromatic carbocycles. The van der Waals surface area contributed by atoms with Crippen molar-refractivity contribution in [2.24, 2.45) is 0 Å². The Morgan fingerprint density at radius 1 is 1.00 bits per heavy atom. The number of halogens is 2. The summed E-state index contributed by atoms with van der Waals surface area (Å²) in [5.41, 5.74) is 1.45. The summed E-state index contributed by atoms with van der Waals surface area (Å²) < 4.78 is 5.29. The normalized spacial score (nSPS) is 10.3. The Hall–Kier alpha value is -2.57. The van der Waals surface area contributed by atoms with Gasteiger partial charge >= 0.3 is 0 Å². The van der Waals surface area contributed by atoms with Crippen LogP contribution in [0.15, 0.2) is 48.7 Å². The Morgan fingerprint density at radius 2 is 1.75 bits per heavy atom. The van der Waals surface area contributed by atoms with Gasteiger partial charge in [-0.3, -0.25) is 0 Å². The molecule has 0 spiro atoms. The van der Waals surface area contributed by atoms with E-state index in [1.165, 1.54) is 6.20 Å². The number of rotatable bonds is 5. The van der Waals surface area contributed by atoms with E-state index in [0.29, 0.717) is 33.2 Å². The van der Waals surface area contributed by atoms with Crippen molar-refractivity contribution >= 4 is 46.3 Å². The maximum Gasteiger partial charge on any atom is 0.249 e. The van der Waals surface area contributed by atoms with Gasteiger partial charge in [0, 0.05) is 15.7 Å². The Balaban J connectivity index is 1.81. The summed E-state index contributed by atoms with van der Waals surface area (Å²) in [5, 5.41) is 15.1. The van der Waals surface area contributed by atoms with Crippen LogP contribution in [0.5, 0.6) is 5.75 Å². The zero-order valence-corrected chi connectivity index (χ0v) is 14.1. The van der Waals surface area contributed by atoms with Crippen LogP contribution in [-0.4, -0.2) is 22.3 Å². The lowest BCUT2D eigenvalue weighted by atomic mass is 10.3. The number of hydrogen-bond acceptors (Lipinski definition) is 6. The van der Waals surface area contributed by atoms with Gasteiger partial charge in [0.25, 0.3) is 0 Å². The topological polar surface area (TPSA) is 72.0 Å². The Labute approximate surface area is 148 Å². The summed E-state index contributed by atoms with van der Waals surface area (Å²) in [6.07, 6.45) is 1.50. The molecule has 1 heterocycles. The van der Waals surface area contributed by atoms with Gasteiger partial charge < -0.3 is 15.4 Å². The van der Waals surface area contributed by atoms with E-state index in [1.54, 1.807) is 25.3 Å². The van der Waals surface area contributed by atoms with E-state index in [2.05, 4.69) is 25.8 Å². The van der Waals surface area contributed by atoms with Crippen LogP contribution in [0.2, 0.25) is 10.0 Å². The molecule has 0 radical (unpaired) electrons. The Bertz CT molecular complexity index is 839. The molecule has 0 aliphatic rings. The fraction of sp³-hybridized carbons (Fsp3) is 0.0625. The molecular formula is C16H13Cl2N5O. The van der Waals surface area contributed by atoms with Crippen LogP contribution in [0.4, 0.5) is 23.1 Å². The van der Waals surface area contributed by atoms with Gasteiger partial charge in [0.15, 0.2) is 5.82 Å². The van der Waals surface area contributed by atoms with Crippen LogP contribution in [0.1, 0.15) is 0 Å². The molecule has 0 bridgehead atoms. The molecule has 0 unspecified atom stereocenters. The molecule has 0 saturated carbocycles. The average molecular weight is 362 g/mol. The van der Waals surface area contributed by atoms with Gasteiger partial charge in [-0.1, -0.05) is 35.3 Å². The number of hydrogen-bond donors (Lipinski definition) is 2. The number of ether oxygens (including phenoxy) is 1. The van der Waals surface area contributed by atoms with Crippen molar-refractivity contribution in [2.45, 2.75) is 0 Å². The third kappa shape index (κ3) is 4.04. The quantitative estimate of drug-likeness (QED) is 0.687. The van der Waals surface area contributed by atoms with E-state index in [4.69, 9.17) is 27.9 Å². The molecule has 0 atom stereocenters. The molecule has 8 heteroatoms. The van der Waals surface area contributed by atoms with Gasteiger partial charge in [-0.2, -0.15) is 10.1 Å². The first-order chi connectivity index (χ1) is 11.6. The average Bonchev–Trinajstić information content (AvgIpc) is 2.55. The van der Waals surface area contributed by atoms with Crippen LogP contribution >= 0.6 is 23.2 Å². The Morgan fingerprint density at radius 3 is 2.50 bits per heavy atom. The number of methoxy groups -OCH3 is 1. The van der Waals surface area contributed by atoms with Crippen molar-refractivity contribution in [3.8, 4) is 5.75 Å². The van der Waals surface area contributed by atoms with Crippen molar-refractivity contribution < 1.29 is 4.74 Å². The molecule has 0 amide bonds. The van der Waals surface area contributed by atoms with E-state index in [1.807, 2.05) is 24.3 Å². The van der Waals surface area contributed by atoms with Crippen LogP contribution in [0.3, 0.4) is 0 Å². The smallest absolute Gasteiger partial charge is 0.249 e. The van der Waals surface area contributed by atoms with Crippen molar-refractivity contribution in [1.82, 2.24) is 15.2 Å². The molecule has 24 heavy (non-hydrogen) atoms. The molecule has 0 fully saturated rings. The molecule has 1 aromatic heterocycles. The van der Waals surface area contributed by atoms with Crippen LogP contribution in [0, 0.1) is 0 Å². The van der Waals surface area contributed by atoms with Crippen molar-refractivity contribution in [1.29, 1.82) is 0 Å². The molecule has 0 aliphatic heterocycles. The summed E-state index contributed by atoms with van der Waals surface area (Å²) in [7, 11) is 1.60. The predicted molar refractivity (Wildman–Crippen MR) is 95.8 cm³/mol. The van der Waals surface area contributed by atoms with Crippen LogP contribution in [0.25, 0.3) is 0 Å². The van der Waals surface area contributed by atoms with Gasteiger partial charge in [-0.15, -0.1) is 5.10 Å². The lowest BCUT2D eigenvalue weighted by molar-refractivity contribution is 0.417. The molecule has 2 N–H and O–H groups in total. The molecule has 122 valence electrons. The third-order valence-electron chi connectivity index (χ3n) is 3.05. The summed E-state index contributed by atoms with van der Waals surface area (Å²) in [4.78, 5) is 4.36. The molecular weight excluding hydrogens is 349 g/mol. The van der Waals surface area contributed by atoms with Crippen LogP contribution in [-0.2, 0) is 0 Å². The highest BCUT2D eigenvalue weighted by molar-refractivity contribution is 6.35. The molecule has 3 aromatic rings. The zero-order chi connectivity index (χ0) is 16.9. The first-order valence-electron chi connectivity index (χ1n) is 6.97. The largest absolute Gasteiger partial charge is 0.495 e. The van der Waals surface area contributed by atoms with Gasteiger partial charge in [0.1, 0.15) is 5.75 Å². The highest BCUT2D eigenvalue weighted by Crippen LogP contribution is 2.27. The minimum atomic E-state index is 0.331. The first kappa shape index (κ1) is 16.3. The number of aromatic nitrogens is 3. The van der Waals surface area contributed by atoms with Gasteiger partial charge in [-0.05, 0) is 30.3 Å². The summed E-state index contributed by atoms with van der Waals surface area (Å²) in [5.74, 6) is 1.51. The standard InChI is InChI=1S/C16H13Cl2N5O/c1-24-14-5-3-2-4-13(14)21-16-22-15(9-19-23-16)20-12-7-10(17)6-11(18)8-12/h2-9H,1H3,(H2,20,21,22,23). The minimum absolute atomic E-state index is 0.331. The number of nitrogens with one attached hydrogen (secondary N) is 2. The van der Waals surface area contributed by atoms with Gasteiger partial charge in [0.2, 0.25) is 5.95 Å². The summed E-state index contributed by atoms with van der Waals surface area (Å²) in [6, 6.07) is 12.6. The van der Waals surface area contributed by atoms with Crippen molar-refractivity contribution in [2.75, 3.05) is 17.7 Å². The number of nitrogens with zero attached hydrogens (tertiary/aromatic N) is 3. The lowest BCUT2D eigenvalue weighted by Gasteiger charge is -2.10. The lowest BCUT2D eigenvalue weighted by Crippen LogP contribution is -2.03. The molecule has 0 saturated heterocycles. The third-order valence-corrected chi connectivity index (χ3v) is 3.48. The minimum Gasteiger partial charge on any atom is -0.495 e. The van der Waals surface area contributed by atoms with Crippen LogP contribution < -0.4 is 15.4 Å². The summed E-state index contributed by atoms with van der Waals surface area (Å²) in [6.45, 7) is 0. The number of para-hydroxylation sites is 2. The second-order valence-corrected chi connectivity index (χ2v) is 5.65. The predicted octanol–water partition coefficient (Wildman–Crippen LogP) is 4.67. The highest BCUT2D eigenvalue weighted by Gasteiger charge is 2.06. The van der Waals surface area contributed by atoms with Gasteiger partial charge in [0.05, 0.1) is 19.0 Å². The summed E-state index contributed by atoms with van der Waals surface area (Å²) >= 11 is 12.0. The maximum atomic E-state index is 5.99. The highest BCUT2D eigenvalue weighted by atomic mass is 35.5. The molecule has 3 rings (SSSR count). The Kier molecular flexibility index (Phi) is 4.98. The molecule has 0 aliphatic carbocycles. The molecule has 6 nitrogen and oxygen atoms in total.